The molecule has 0 heterocycles. The molecule has 0 fully saturated rings. The van der Waals surface area contributed by atoms with Gasteiger partial charge in [-0.05, 0) is 33.6 Å². The summed E-state index contributed by atoms with van der Waals surface area (Å²) in [5, 5.41) is 28.9. The fourth-order valence-corrected chi connectivity index (χ4v) is 5.31. The fraction of sp³-hybridized carbons (Fsp3) is 0.893. The summed E-state index contributed by atoms with van der Waals surface area (Å²) in [5.41, 5.74) is 0. The largest absolute Gasteiger partial charge is 0.477 e. The summed E-state index contributed by atoms with van der Waals surface area (Å²) in [4.78, 5) is 35.3. The summed E-state index contributed by atoms with van der Waals surface area (Å²) < 4.78 is -0.473. The molecule has 0 saturated heterocycles. The van der Waals surface area contributed by atoms with E-state index >= 15 is 0 Å². The van der Waals surface area contributed by atoms with Crippen molar-refractivity contribution < 1.29 is 34.2 Å². The van der Waals surface area contributed by atoms with Crippen LogP contribution in [0.1, 0.15) is 137 Å². The number of carboxylic acids is 3. The van der Waals surface area contributed by atoms with Crippen molar-refractivity contribution in [3.05, 3.63) is 0 Å². The molecule has 0 aliphatic rings. The number of nitrogens with zero attached hydrogens (tertiary/aromatic N) is 1. The minimum absolute atomic E-state index is 0.229. The van der Waals surface area contributed by atoms with E-state index in [1.54, 1.807) is 0 Å². The predicted molar refractivity (Wildman–Crippen MR) is 141 cm³/mol. The maximum Gasteiger partial charge on any atom is 0.362 e. The Labute approximate surface area is 213 Å². The first-order chi connectivity index (χ1) is 16.6. The van der Waals surface area contributed by atoms with E-state index in [0.717, 1.165) is 19.3 Å². The van der Waals surface area contributed by atoms with E-state index in [1.165, 1.54) is 104 Å². The van der Waals surface area contributed by atoms with Crippen molar-refractivity contribution in [2.75, 3.05) is 6.54 Å². The zero-order chi connectivity index (χ0) is 26.7. The lowest BCUT2D eigenvalue weighted by Crippen LogP contribution is -2.70. The van der Waals surface area contributed by atoms with Crippen LogP contribution in [0.3, 0.4) is 0 Å². The monoisotopic (exact) mass is 500 g/mol. The van der Waals surface area contributed by atoms with Gasteiger partial charge in [-0.3, -0.25) is 4.48 Å². The molecule has 206 valence electrons. The lowest BCUT2D eigenvalue weighted by atomic mass is 9.99. The Hall–Kier alpha value is -1.63. The van der Waals surface area contributed by atoms with Crippen LogP contribution in [0, 0.1) is 0 Å². The zero-order valence-corrected chi connectivity index (χ0v) is 23.0. The van der Waals surface area contributed by atoms with Crippen LogP contribution in [0.2, 0.25) is 0 Å². The highest BCUT2D eigenvalue weighted by Gasteiger charge is 2.52. The Morgan fingerprint density at radius 3 is 0.943 bits per heavy atom. The number of hydrogen-bond acceptors (Lipinski definition) is 3. The van der Waals surface area contributed by atoms with E-state index in [0.29, 0.717) is 6.42 Å². The minimum Gasteiger partial charge on any atom is -0.477 e. The number of unbranched alkanes of at least 4 members (excludes halogenated alkanes) is 16. The van der Waals surface area contributed by atoms with Gasteiger partial charge in [0.25, 0.3) is 0 Å². The number of carboxylic acid groups (broad SMARTS) is 3. The van der Waals surface area contributed by atoms with Crippen molar-refractivity contribution in [1.29, 1.82) is 0 Å². The molecule has 3 atom stereocenters. The molecule has 0 aliphatic carbocycles. The van der Waals surface area contributed by atoms with Gasteiger partial charge in [-0.2, -0.15) is 0 Å². The highest BCUT2D eigenvalue weighted by atomic mass is 16.4. The maximum atomic E-state index is 11.8. The Balaban J connectivity index is 4.21. The Morgan fingerprint density at radius 1 is 0.486 bits per heavy atom. The SMILES string of the molecule is CCCCCCCCCCCCCCCCCCC[N+](C(C)C(=O)O)(C(C)C(=O)O)C(C)C(=O)O. The van der Waals surface area contributed by atoms with Crippen molar-refractivity contribution in [2.24, 2.45) is 0 Å². The highest BCUT2D eigenvalue weighted by molar-refractivity contribution is 5.77. The molecule has 3 unspecified atom stereocenters. The van der Waals surface area contributed by atoms with E-state index in [9.17, 15) is 29.7 Å². The van der Waals surface area contributed by atoms with Crippen molar-refractivity contribution in [3.8, 4) is 0 Å². The molecular weight excluding hydrogens is 446 g/mol. The molecule has 0 spiro atoms. The van der Waals surface area contributed by atoms with Crippen LogP contribution in [0.4, 0.5) is 0 Å². The van der Waals surface area contributed by atoms with Gasteiger partial charge in [-0.1, -0.05) is 103 Å². The highest BCUT2D eigenvalue weighted by Crippen LogP contribution is 2.27. The van der Waals surface area contributed by atoms with Crippen molar-refractivity contribution in [3.63, 3.8) is 0 Å². The third kappa shape index (κ3) is 12.8. The normalized spacial score (nSPS) is 15.8. The van der Waals surface area contributed by atoms with Crippen LogP contribution in [-0.2, 0) is 14.4 Å². The van der Waals surface area contributed by atoms with Crippen LogP contribution in [0.15, 0.2) is 0 Å². The lowest BCUT2D eigenvalue weighted by Gasteiger charge is -2.47. The van der Waals surface area contributed by atoms with E-state index in [-0.39, 0.29) is 6.54 Å². The Bertz CT molecular complexity index is 544. The van der Waals surface area contributed by atoms with Crippen LogP contribution < -0.4 is 0 Å². The molecule has 7 nitrogen and oxygen atoms in total. The molecular formula is C28H54NO6+. The second-order valence-electron chi connectivity index (χ2n) is 10.4. The number of quaternary nitrogens is 1. The third-order valence-electron chi connectivity index (χ3n) is 7.88. The molecule has 7 heteroatoms. The summed E-state index contributed by atoms with van der Waals surface area (Å²) in [6, 6.07) is -3.35. The van der Waals surface area contributed by atoms with E-state index in [1.807, 2.05) is 0 Å². The molecule has 0 aromatic heterocycles. The first-order valence-corrected chi connectivity index (χ1v) is 14.2. The first kappa shape index (κ1) is 33.4. The zero-order valence-electron chi connectivity index (χ0n) is 23.0. The first-order valence-electron chi connectivity index (χ1n) is 14.2. The Kier molecular flexibility index (Phi) is 18.6. The van der Waals surface area contributed by atoms with Crippen LogP contribution in [-0.4, -0.2) is 62.4 Å². The standard InChI is InChI=1S/C28H53NO6/c1-5-6-7-8-9-10-11-12-13-14-15-16-17-18-19-20-21-22-29(23(2)26(30)31,24(3)27(32)33)25(4)28(34)35/h23-25H,5-22H2,1-4H3,(H2-,30,31,32,33,34,35)/p+1. The number of carbonyl (C=O) groups is 3. The summed E-state index contributed by atoms with van der Waals surface area (Å²) in [5.74, 6) is -3.51. The smallest absolute Gasteiger partial charge is 0.362 e. The predicted octanol–water partition coefficient (Wildman–Crippen LogP) is 6.87. The molecule has 0 amide bonds. The summed E-state index contributed by atoms with van der Waals surface area (Å²) in [6.45, 7) is 6.76. The lowest BCUT2D eigenvalue weighted by molar-refractivity contribution is -0.968. The van der Waals surface area contributed by atoms with Crippen molar-refractivity contribution in [2.45, 2.75) is 155 Å². The van der Waals surface area contributed by atoms with E-state index in [4.69, 9.17) is 0 Å². The molecule has 0 aromatic carbocycles. The fourth-order valence-electron chi connectivity index (χ4n) is 5.31. The molecule has 0 aliphatic heterocycles. The van der Waals surface area contributed by atoms with Crippen LogP contribution in [0.5, 0.6) is 0 Å². The van der Waals surface area contributed by atoms with Gasteiger partial charge in [0.05, 0.1) is 6.54 Å². The number of aliphatic carboxylic acids is 3. The average molecular weight is 501 g/mol. The van der Waals surface area contributed by atoms with Gasteiger partial charge in [0.1, 0.15) is 0 Å². The summed E-state index contributed by atoms with van der Waals surface area (Å²) >= 11 is 0. The van der Waals surface area contributed by atoms with Gasteiger partial charge in [-0.25, -0.2) is 14.4 Å². The van der Waals surface area contributed by atoms with Gasteiger partial charge in [-0.15, -0.1) is 0 Å². The van der Waals surface area contributed by atoms with Gasteiger partial charge in [0, 0.05) is 0 Å². The van der Waals surface area contributed by atoms with Gasteiger partial charge >= 0.3 is 17.9 Å². The van der Waals surface area contributed by atoms with E-state index in [2.05, 4.69) is 6.92 Å². The van der Waals surface area contributed by atoms with Gasteiger partial charge in [0.15, 0.2) is 18.1 Å². The number of rotatable bonds is 24. The minimum atomic E-state index is -1.17. The van der Waals surface area contributed by atoms with Crippen LogP contribution >= 0.6 is 0 Å². The Morgan fingerprint density at radius 2 is 0.714 bits per heavy atom. The quantitative estimate of drug-likeness (QED) is 0.0984. The molecule has 0 saturated carbocycles. The summed E-state index contributed by atoms with van der Waals surface area (Å²) in [7, 11) is 0. The third-order valence-corrected chi connectivity index (χ3v) is 7.88. The molecule has 0 bridgehead atoms. The summed E-state index contributed by atoms with van der Waals surface area (Å²) in [6.07, 6.45) is 20.9. The van der Waals surface area contributed by atoms with Crippen LogP contribution in [0.25, 0.3) is 0 Å². The van der Waals surface area contributed by atoms with Gasteiger partial charge in [0.2, 0.25) is 0 Å². The average Bonchev–Trinajstić information content (AvgIpc) is 2.82. The van der Waals surface area contributed by atoms with E-state index < -0.39 is 40.5 Å². The van der Waals surface area contributed by atoms with Gasteiger partial charge < -0.3 is 15.3 Å². The molecule has 35 heavy (non-hydrogen) atoms. The van der Waals surface area contributed by atoms with Crippen molar-refractivity contribution in [1.82, 2.24) is 0 Å². The second kappa shape index (κ2) is 19.5. The maximum absolute atomic E-state index is 11.8. The molecule has 0 rings (SSSR count). The topological polar surface area (TPSA) is 112 Å². The molecule has 3 N–H and O–H groups in total. The molecule has 0 aromatic rings. The molecule has 0 radical (unpaired) electrons. The van der Waals surface area contributed by atoms with Crippen molar-refractivity contribution >= 4 is 17.9 Å². The second-order valence-corrected chi connectivity index (χ2v) is 10.4. The number of hydrogen-bond donors (Lipinski definition) is 3.